The van der Waals surface area contributed by atoms with Crippen LogP contribution in [0, 0.1) is 0 Å². The zero-order valence-corrected chi connectivity index (χ0v) is 10.7. The van der Waals surface area contributed by atoms with E-state index in [1.807, 2.05) is 36.6 Å². The van der Waals surface area contributed by atoms with Gasteiger partial charge in [-0.05, 0) is 18.6 Å². The summed E-state index contributed by atoms with van der Waals surface area (Å²) in [7, 11) is 1.40. The van der Waals surface area contributed by atoms with Crippen LogP contribution in [0.2, 0.25) is 0 Å². The summed E-state index contributed by atoms with van der Waals surface area (Å²) in [5.41, 5.74) is 1.81. The second kappa shape index (κ2) is 5.54. The number of hydrogen-bond donors (Lipinski definition) is 0. The Hall–Kier alpha value is -2.03. The zero-order chi connectivity index (χ0) is 13.0. The van der Waals surface area contributed by atoms with Crippen LogP contribution in [-0.2, 0) is 16.1 Å². The van der Waals surface area contributed by atoms with Crippen molar-refractivity contribution in [2.45, 2.75) is 19.5 Å². The van der Waals surface area contributed by atoms with Crippen LogP contribution in [-0.4, -0.2) is 24.0 Å². The third kappa shape index (κ3) is 2.80. The lowest BCUT2D eigenvalue weighted by Gasteiger charge is -2.29. The molecule has 1 heterocycles. The van der Waals surface area contributed by atoms with Crippen LogP contribution in [0.1, 0.15) is 12.5 Å². The molecule has 0 fully saturated rings. The predicted molar refractivity (Wildman–Crippen MR) is 70.7 cm³/mol. The Balaban J connectivity index is 2.14. The van der Waals surface area contributed by atoms with E-state index in [0.717, 1.165) is 6.54 Å². The number of ether oxygens (including phenoxy) is 1. The molecule has 0 aliphatic carbocycles. The van der Waals surface area contributed by atoms with Gasteiger partial charge in [0.2, 0.25) is 0 Å². The van der Waals surface area contributed by atoms with E-state index in [2.05, 4.69) is 24.0 Å². The van der Waals surface area contributed by atoms with E-state index in [-0.39, 0.29) is 12.0 Å². The van der Waals surface area contributed by atoms with Crippen LogP contribution < -0.4 is 0 Å². The summed E-state index contributed by atoms with van der Waals surface area (Å²) < 4.78 is 4.74. The average Bonchev–Trinajstić information content (AvgIpc) is 2.41. The van der Waals surface area contributed by atoms with Crippen molar-refractivity contribution in [3.05, 3.63) is 59.8 Å². The van der Waals surface area contributed by atoms with Gasteiger partial charge in [0.25, 0.3) is 0 Å². The molecule has 1 aliphatic rings. The maximum atomic E-state index is 11.5. The van der Waals surface area contributed by atoms with E-state index in [9.17, 15) is 4.79 Å². The van der Waals surface area contributed by atoms with Crippen LogP contribution in [0.25, 0.3) is 0 Å². The normalized spacial score (nSPS) is 18.4. The van der Waals surface area contributed by atoms with Crippen molar-refractivity contribution in [3.8, 4) is 0 Å². The topological polar surface area (TPSA) is 29.5 Å². The van der Waals surface area contributed by atoms with Gasteiger partial charge in [-0.3, -0.25) is 0 Å². The highest BCUT2D eigenvalue weighted by Crippen LogP contribution is 2.17. The fraction of sp³-hybridized carbons (Fsp3) is 0.267. The lowest BCUT2D eigenvalue weighted by atomic mass is 10.1. The van der Waals surface area contributed by atoms with Gasteiger partial charge in [-0.1, -0.05) is 36.4 Å². The molecular formula is C15H17NO2. The molecule has 94 valence electrons. The minimum absolute atomic E-state index is 0.276. The summed E-state index contributed by atoms with van der Waals surface area (Å²) in [5, 5.41) is 0. The van der Waals surface area contributed by atoms with E-state index < -0.39 is 0 Å². The van der Waals surface area contributed by atoms with E-state index in [1.54, 1.807) is 0 Å². The Bertz CT molecular complexity index is 477. The maximum Gasteiger partial charge on any atom is 0.339 e. The number of methoxy groups -OCH3 is 1. The molecule has 2 rings (SSSR count). The number of hydrogen-bond acceptors (Lipinski definition) is 3. The first-order valence-electron chi connectivity index (χ1n) is 5.98. The van der Waals surface area contributed by atoms with Crippen LogP contribution >= 0.6 is 0 Å². The molecule has 0 aromatic heterocycles. The molecule has 0 saturated heterocycles. The highest BCUT2D eigenvalue weighted by Gasteiger charge is 2.17. The van der Waals surface area contributed by atoms with Crippen LogP contribution in [0.4, 0.5) is 0 Å². The SMILES string of the molecule is COC(=O)C1=CN(Cc2ccccc2)C(C)C=C1. The lowest BCUT2D eigenvalue weighted by Crippen LogP contribution is -2.29. The van der Waals surface area contributed by atoms with Gasteiger partial charge in [0.15, 0.2) is 0 Å². The van der Waals surface area contributed by atoms with Crippen molar-refractivity contribution in [2.24, 2.45) is 0 Å². The Morgan fingerprint density at radius 2 is 2.06 bits per heavy atom. The smallest absolute Gasteiger partial charge is 0.339 e. The highest BCUT2D eigenvalue weighted by atomic mass is 16.5. The lowest BCUT2D eigenvalue weighted by molar-refractivity contribution is -0.135. The molecule has 1 aromatic carbocycles. The zero-order valence-electron chi connectivity index (χ0n) is 10.7. The van der Waals surface area contributed by atoms with E-state index in [4.69, 9.17) is 4.74 Å². The van der Waals surface area contributed by atoms with Crippen molar-refractivity contribution in [2.75, 3.05) is 7.11 Å². The summed E-state index contributed by atoms with van der Waals surface area (Å²) in [5.74, 6) is -0.295. The van der Waals surface area contributed by atoms with Crippen LogP contribution in [0.5, 0.6) is 0 Å². The fourth-order valence-electron chi connectivity index (χ4n) is 1.92. The summed E-state index contributed by atoms with van der Waals surface area (Å²) >= 11 is 0. The first kappa shape index (κ1) is 12.4. The summed E-state index contributed by atoms with van der Waals surface area (Å²) in [6.07, 6.45) is 5.69. The maximum absolute atomic E-state index is 11.5. The molecule has 0 spiro atoms. The number of rotatable bonds is 3. The van der Waals surface area contributed by atoms with Crippen molar-refractivity contribution in [1.82, 2.24) is 4.90 Å². The Kier molecular flexibility index (Phi) is 3.82. The molecule has 0 bridgehead atoms. The molecule has 3 heteroatoms. The van der Waals surface area contributed by atoms with Crippen molar-refractivity contribution < 1.29 is 9.53 Å². The number of nitrogens with zero attached hydrogens (tertiary/aromatic N) is 1. The number of carbonyl (C=O) groups is 1. The van der Waals surface area contributed by atoms with Crippen LogP contribution in [0.3, 0.4) is 0 Å². The summed E-state index contributed by atoms with van der Waals surface area (Å²) in [4.78, 5) is 13.6. The molecule has 1 atom stereocenters. The molecule has 0 amide bonds. The molecule has 3 nitrogen and oxygen atoms in total. The highest BCUT2D eigenvalue weighted by molar-refractivity contribution is 5.91. The summed E-state index contributed by atoms with van der Waals surface area (Å²) in [6.45, 7) is 2.89. The largest absolute Gasteiger partial charge is 0.465 e. The van der Waals surface area contributed by atoms with Gasteiger partial charge >= 0.3 is 5.97 Å². The molecular weight excluding hydrogens is 226 g/mol. The molecule has 0 saturated carbocycles. The second-order valence-corrected chi connectivity index (χ2v) is 4.33. The fourth-order valence-corrected chi connectivity index (χ4v) is 1.92. The molecule has 1 aliphatic heterocycles. The van der Waals surface area contributed by atoms with Crippen molar-refractivity contribution in [1.29, 1.82) is 0 Å². The Morgan fingerprint density at radius 3 is 2.72 bits per heavy atom. The minimum Gasteiger partial charge on any atom is -0.465 e. The monoisotopic (exact) mass is 243 g/mol. The third-order valence-electron chi connectivity index (χ3n) is 3.01. The van der Waals surface area contributed by atoms with Gasteiger partial charge in [0, 0.05) is 18.8 Å². The van der Waals surface area contributed by atoms with E-state index >= 15 is 0 Å². The standard InChI is InChI=1S/C15H17NO2/c1-12-8-9-14(15(17)18-2)11-16(12)10-13-6-4-3-5-7-13/h3-9,11-12H,10H2,1-2H3. The van der Waals surface area contributed by atoms with Crippen molar-refractivity contribution in [3.63, 3.8) is 0 Å². The van der Waals surface area contributed by atoms with Gasteiger partial charge < -0.3 is 9.64 Å². The molecule has 18 heavy (non-hydrogen) atoms. The Morgan fingerprint density at radius 1 is 1.33 bits per heavy atom. The number of carbonyl (C=O) groups excluding carboxylic acids is 1. The summed E-state index contributed by atoms with van der Waals surface area (Å²) in [6, 6.07) is 10.5. The quantitative estimate of drug-likeness (QED) is 0.764. The number of esters is 1. The predicted octanol–water partition coefficient (Wildman–Crippen LogP) is 2.50. The van der Waals surface area contributed by atoms with Gasteiger partial charge in [0.1, 0.15) is 0 Å². The van der Waals surface area contributed by atoms with Gasteiger partial charge in [-0.25, -0.2) is 4.79 Å². The minimum atomic E-state index is -0.295. The van der Waals surface area contributed by atoms with Gasteiger partial charge in [-0.15, -0.1) is 0 Å². The third-order valence-corrected chi connectivity index (χ3v) is 3.01. The average molecular weight is 243 g/mol. The molecule has 0 radical (unpaired) electrons. The Labute approximate surface area is 107 Å². The molecule has 1 aromatic rings. The second-order valence-electron chi connectivity index (χ2n) is 4.33. The van der Waals surface area contributed by atoms with E-state index in [0.29, 0.717) is 5.57 Å². The van der Waals surface area contributed by atoms with Gasteiger partial charge in [0.05, 0.1) is 12.7 Å². The van der Waals surface area contributed by atoms with Crippen molar-refractivity contribution >= 4 is 5.97 Å². The first-order valence-corrected chi connectivity index (χ1v) is 5.98. The van der Waals surface area contributed by atoms with Crippen LogP contribution in [0.15, 0.2) is 54.3 Å². The number of benzene rings is 1. The molecule has 1 unspecified atom stereocenters. The van der Waals surface area contributed by atoms with E-state index in [1.165, 1.54) is 12.7 Å². The van der Waals surface area contributed by atoms with Gasteiger partial charge in [-0.2, -0.15) is 0 Å². The molecule has 0 N–H and O–H groups in total. The first-order chi connectivity index (χ1) is 8.70.